The third-order valence-electron chi connectivity index (χ3n) is 4.22. The molecule has 5 nitrogen and oxygen atoms in total. The Labute approximate surface area is 165 Å². The summed E-state index contributed by atoms with van der Waals surface area (Å²) in [4.78, 5) is 23.6. The summed E-state index contributed by atoms with van der Waals surface area (Å²) in [5.41, 5.74) is 7.61. The first kappa shape index (κ1) is 16.9. The number of carbonyl (C=O) groups excluding carboxylic acids is 1. The predicted molar refractivity (Wildman–Crippen MR) is 107 cm³/mol. The van der Waals surface area contributed by atoms with Crippen LogP contribution in [0.25, 0.3) is 10.2 Å². The minimum atomic E-state index is -0.227. The Morgan fingerprint density at radius 3 is 2.84 bits per heavy atom. The van der Waals surface area contributed by atoms with Gasteiger partial charge in [-0.2, -0.15) is 0 Å². The summed E-state index contributed by atoms with van der Waals surface area (Å²) in [6, 6.07) is 5.43. The van der Waals surface area contributed by atoms with E-state index < -0.39 is 0 Å². The van der Waals surface area contributed by atoms with Gasteiger partial charge in [0.1, 0.15) is 11.2 Å². The van der Waals surface area contributed by atoms with Crippen LogP contribution in [-0.4, -0.2) is 15.9 Å². The second kappa shape index (κ2) is 7.01. The van der Waals surface area contributed by atoms with Crippen LogP contribution in [0.1, 0.15) is 33.6 Å². The molecule has 128 valence electrons. The Bertz CT molecular complexity index is 973. The molecule has 2 heterocycles. The molecule has 0 radical (unpaired) electrons. The fourth-order valence-corrected chi connectivity index (χ4v) is 5.50. The molecule has 0 atom stereocenters. The van der Waals surface area contributed by atoms with E-state index in [4.69, 9.17) is 0 Å². The van der Waals surface area contributed by atoms with Crippen LogP contribution in [0.3, 0.4) is 0 Å². The number of nitrogens with zero attached hydrogens (tertiary/aromatic N) is 2. The Balaban J connectivity index is 1.61. The molecule has 0 aliphatic heterocycles. The number of hydrogen-bond donors (Lipinski definition) is 2. The summed E-state index contributed by atoms with van der Waals surface area (Å²) < 4.78 is 1.63. The van der Waals surface area contributed by atoms with Crippen molar-refractivity contribution < 1.29 is 4.79 Å². The summed E-state index contributed by atoms with van der Waals surface area (Å²) >= 11 is 8.53. The van der Waals surface area contributed by atoms with E-state index in [1.165, 1.54) is 29.6 Å². The van der Waals surface area contributed by atoms with E-state index in [0.717, 1.165) is 32.0 Å². The lowest BCUT2D eigenvalue weighted by atomic mass is 9.97. The van der Waals surface area contributed by atoms with Gasteiger partial charge in [0, 0.05) is 13.8 Å². The number of amides is 1. The number of thiophene rings is 1. The first-order chi connectivity index (χ1) is 12.1. The predicted octanol–water partition coefficient (Wildman–Crippen LogP) is 4.85. The fourth-order valence-electron chi connectivity index (χ4n) is 3.04. The van der Waals surface area contributed by atoms with E-state index >= 15 is 0 Å². The SMILES string of the molecule is O=C(NNc1ncnc2sc3c(c12)CCCC3)c1ccc(Br)cc1Br. The number of aromatic nitrogens is 2. The van der Waals surface area contributed by atoms with Gasteiger partial charge in [0.2, 0.25) is 0 Å². The van der Waals surface area contributed by atoms with Gasteiger partial charge in [-0.15, -0.1) is 11.3 Å². The first-order valence-electron chi connectivity index (χ1n) is 7.90. The standard InChI is InChI=1S/C17H14Br2N4OS/c18-9-5-6-10(12(19)7-9)16(24)23-22-15-14-11-3-1-2-4-13(11)25-17(14)21-8-20-15/h5-8H,1-4H2,(H,23,24)(H,20,21,22). The van der Waals surface area contributed by atoms with Crippen molar-refractivity contribution in [3.63, 3.8) is 0 Å². The van der Waals surface area contributed by atoms with Gasteiger partial charge >= 0.3 is 0 Å². The average Bonchev–Trinajstić information content (AvgIpc) is 2.99. The largest absolute Gasteiger partial charge is 0.281 e. The minimum Gasteiger partial charge on any atom is -0.281 e. The van der Waals surface area contributed by atoms with Crippen molar-refractivity contribution >= 4 is 65.1 Å². The molecule has 2 N–H and O–H groups in total. The highest BCUT2D eigenvalue weighted by Gasteiger charge is 2.20. The normalized spacial score (nSPS) is 13.5. The summed E-state index contributed by atoms with van der Waals surface area (Å²) in [5.74, 6) is 0.432. The quantitative estimate of drug-likeness (QED) is 0.524. The molecular formula is C17H14Br2N4OS. The fraction of sp³-hybridized carbons (Fsp3) is 0.235. The van der Waals surface area contributed by atoms with Gasteiger partial charge in [0.05, 0.1) is 10.9 Å². The highest BCUT2D eigenvalue weighted by Crippen LogP contribution is 2.37. The van der Waals surface area contributed by atoms with Gasteiger partial charge in [-0.3, -0.25) is 15.6 Å². The Morgan fingerprint density at radius 1 is 1.16 bits per heavy atom. The van der Waals surface area contributed by atoms with Crippen LogP contribution in [0, 0.1) is 0 Å². The number of hydrazine groups is 1. The highest BCUT2D eigenvalue weighted by atomic mass is 79.9. The third kappa shape index (κ3) is 3.30. The number of nitrogens with one attached hydrogen (secondary N) is 2. The number of halogens is 2. The molecule has 1 amide bonds. The molecule has 25 heavy (non-hydrogen) atoms. The molecule has 3 aromatic rings. The number of fused-ring (bicyclic) bond motifs is 3. The molecule has 1 aromatic carbocycles. The molecule has 0 unspecified atom stereocenters. The van der Waals surface area contributed by atoms with Gasteiger partial charge in [-0.25, -0.2) is 9.97 Å². The number of rotatable bonds is 3. The molecule has 0 bridgehead atoms. The van der Waals surface area contributed by atoms with Crippen LogP contribution in [0.4, 0.5) is 5.82 Å². The number of aryl methyl sites for hydroxylation is 2. The molecule has 1 aliphatic rings. The van der Waals surface area contributed by atoms with E-state index in [0.29, 0.717) is 11.4 Å². The van der Waals surface area contributed by atoms with E-state index in [1.54, 1.807) is 17.4 Å². The van der Waals surface area contributed by atoms with Gasteiger partial charge in [0.25, 0.3) is 5.91 Å². The Morgan fingerprint density at radius 2 is 2.00 bits per heavy atom. The molecule has 0 saturated heterocycles. The number of anilines is 1. The number of hydrogen-bond acceptors (Lipinski definition) is 5. The van der Waals surface area contributed by atoms with Crippen molar-refractivity contribution in [3.8, 4) is 0 Å². The summed E-state index contributed by atoms with van der Waals surface area (Å²) in [6.45, 7) is 0. The van der Waals surface area contributed by atoms with E-state index in [-0.39, 0.29) is 5.91 Å². The summed E-state index contributed by atoms with van der Waals surface area (Å²) in [6.07, 6.45) is 6.10. The van der Waals surface area contributed by atoms with Gasteiger partial charge in [-0.1, -0.05) is 15.9 Å². The minimum absolute atomic E-state index is 0.227. The van der Waals surface area contributed by atoms with Crippen molar-refractivity contribution in [1.29, 1.82) is 0 Å². The third-order valence-corrected chi connectivity index (χ3v) is 6.57. The van der Waals surface area contributed by atoms with Crippen LogP contribution < -0.4 is 10.9 Å². The summed E-state index contributed by atoms with van der Waals surface area (Å²) in [7, 11) is 0. The molecule has 1 aliphatic carbocycles. The van der Waals surface area contributed by atoms with Crippen molar-refractivity contribution in [2.75, 3.05) is 5.43 Å². The van der Waals surface area contributed by atoms with E-state index in [2.05, 4.69) is 52.7 Å². The van der Waals surface area contributed by atoms with Crippen molar-refractivity contribution in [3.05, 3.63) is 49.5 Å². The molecule has 0 saturated carbocycles. The molecule has 0 fully saturated rings. The smallest absolute Gasteiger partial charge is 0.270 e. The first-order valence-corrected chi connectivity index (χ1v) is 10.3. The molecular weight excluding hydrogens is 468 g/mol. The number of carbonyl (C=O) groups is 1. The zero-order chi connectivity index (χ0) is 17.4. The monoisotopic (exact) mass is 480 g/mol. The lowest BCUT2D eigenvalue weighted by Gasteiger charge is -2.13. The maximum Gasteiger partial charge on any atom is 0.270 e. The summed E-state index contributed by atoms with van der Waals surface area (Å²) in [5, 5.41) is 1.04. The van der Waals surface area contributed by atoms with Gasteiger partial charge in [0.15, 0.2) is 5.82 Å². The van der Waals surface area contributed by atoms with Crippen LogP contribution in [-0.2, 0) is 12.8 Å². The van der Waals surface area contributed by atoms with E-state index in [9.17, 15) is 4.79 Å². The zero-order valence-corrected chi connectivity index (χ0v) is 17.1. The van der Waals surface area contributed by atoms with Gasteiger partial charge in [-0.05, 0) is 65.4 Å². The highest BCUT2D eigenvalue weighted by molar-refractivity contribution is 9.11. The maximum atomic E-state index is 12.5. The Hall–Kier alpha value is -1.51. The lowest BCUT2D eigenvalue weighted by molar-refractivity contribution is 0.0962. The zero-order valence-electron chi connectivity index (χ0n) is 13.1. The van der Waals surface area contributed by atoms with Crippen molar-refractivity contribution in [2.24, 2.45) is 0 Å². The van der Waals surface area contributed by atoms with Crippen LogP contribution in [0.5, 0.6) is 0 Å². The number of benzene rings is 1. The molecule has 4 rings (SSSR count). The second-order valence-corrected chi connectivity index (χ2v) is 8.67. The van der Waals surface area contributed by atoms with Crippen LogP contribution in [0.15, 0.2) is 33.5 Å². The maximum absolute atomic E-state index is 12.5. The molecule has 2 aromatic heterocycles. The van der Waals surface area contributed by atoms with Crippen LogP contribution in [0.2, 0.25) is 0 Å². The van der Waals surface area contributed by atoms with Gasteiger partial charge < -0.3 is 0 Å². The van der Waals surface area contributed by atoms with E-state index in [1.807, 2.05) is 12.1 Å². The Kier molecular flexibility index (Phi) is 4.75. The topological polar surface area (TPSA) is 66.9 Å². The van der Waals surface area contributed by atoms with Crippen molar-refractivity contribution in [2.45, 2.75) is 25.7 Å². The molecule has 0 spiro atoms. The van der Waals surface area contributed by atoms with Crippen LogP contribution >= 0.6 is 43.2 Å². The molecule has 8 heteroatoms. The second-order valence-electron chi connectivity index (χ2n) is 5.82. The lowest BCUT2D eigenvalue weighted by Crippen LogP contribution is -2.30. The average molecular weight is 482 g/mol. The van der Waals surface area contributed by atoms with Crippen molar-refractivity contribution in [1.82, 2.24) is 15.4 Å².